The zero-order valence-corrected chi connectivity index (χ0v) is 15.8. The summed E-state index contributed by atoms with van der Waals surface area (Å²) in [5.74, 6) is 0.487. The number of hydrogen-bond donors (Lipinski definition) is 2. The van der Waals surface area contributed by atoms with Gasteiger partial charge in [0.1, 0.15) is 11.5 Å². The van der Waals surface area contributed by atoms with Crippen molar-refractivity contribution in [3.63, 3.8) is 0 Å². The van der Waals surface area contributed by atoms with Gasteiger partial charge in [0.2, 0.25) is 5.91 Å². The molecule has 0 radical (unpaired) electrons. The van der Waals surface area contributed by atoms with Crippen LogP contribution < -0.4 is 14.8 Å². The lowest BCUT2D eigenvalue weighted by molar-refractivity contribution is -0.138. The van der Waals surface area contributed by atoms with Gasteiger partial charge in [-0.05, 0) is 24.5 Å². The van der Waals surface area contributed by atoms with Crippen LogP contribution in [0.5, 0.6) is 11.5 Å². The Morgan fingerprint density at radius 2 is 1.92 bits per heavy atom. The number of amides is 1. The molecule has 6 nitrogen and oxygen atoms in total. The fraction of sp³-hybridized carbons (Fsp3) is 0.600. The van der Waals surface area contributed by atoms with Crippen LogP contribution in [0.3, 0.4) is 0 Å². The summed E-state index contributed by atoms with van der Waals surface area (Å²) in [6, 6.07) is 4.53. The van der Waals surface area contributed by atoms with E-state index in [4.69, 9.17) is 9.47 Å². The molecular formula is C20H29NO5. The fourth-order valence-electron chi connectivity index (χ4n) is 3.69. The van der Waals surface area contributed by atoms with Crippen LogP contribution >= 0.6 is 0 Å². The van der Waals surface area contributed by atoms with E-state index in [1.54, 1.807) is 25.3 Å². The van der Waals surface area contributed by atoms with E-state index in [-0.39, 0.29) is 18.2 Å². The molecule has 0 bridgehead atoms. The number of benzene rings is 1. The highest BCUT2D eigenvalue weighted by Gasteiger charge is 2.26. The van der Waals surface area contributed by atoms with Gasteiger partial charge in [0, 0.05) is 17.5 Å². The lowest BCUT2D eigenvalue weighted by Crippen LogP contribution is -2.35. The van der Waals surface area contributed by atoms with E-state index in [9.17, 15) is 14.7 Å². The maximum atomic E-state index is 12.6. The summed E-state index contributed by atoms with van der Waals surface area (Å²) in [6.45, 7) is 1.91. The summed E-state index contributed by atoms with van der Waals surface area (Å²) in [5.41, 5.74) is 0.636. The molecule has 2 unspecified atom stereocenters. The maximum absolute atomic E-state index is 12.6. The number of carbonyl (C=O) groups excluding carboxylic acids is 1. The van der Waals surface area contributed by atoms with E-state index >= 15 is 0 Å². The summed E-state index contributed by atoms with van der Waals surface area (Å²) in [5, 5.41) is 12.2. The first-order valence-corrected chi connectivity index (χ1v) is 9.18. The molecule has 0 aliphatic heterocycles. The van der Waals surface area contributed by atoms with Gasteiger partial charge in [-0.1, -0.05) is 32.6 Å². The summed E-state index contributed by atoms with van der Waals surface area (Å²) in [7, 11) is 3.07. The predicted molar refractivity (Wildman–Crippen MR) is 98.4 cm³/mol. The molecule has 1 aromatic carbocycles. The Labute approximate surface area is 154 Å². The van der Waals surface area contributed by atoms with Crippen LogP contribution in [0, 0.1) is 11.8 Å². The standard InChI is InChI=1S/C20H29NO5/c1-13(10-14-6-4-5-7-14)20(24)21-17(12-19(22)23)16-9-8-15(25-2)11-18(16)26-3/h8-9,11,13-14,17H,4-7,10,12H2,1-3H3,(H,21,24)(H,22,23). The van der Waals surface area contributed by atoms with Crippen molar-refractivity contribution >= 4 is 11.9 Å². The van der Waals surface area contributed by atoms with Crippen LogP contribution in [0.4, 0.5) is 0 Å². The number of ether oxygens (including phenoxy) is 2. The maximum Gasteiger partial charge on any atom is 0.305 e. The number of carbonyl (C=O) groups is 2. The number of hydrogen-bond acceptors (Lipinski definition) is 4. The Balaban J connectivity index is 2.13. The molecule has 1 amide bonds. The Bertz CT molecular complexity index is 625. The van der Waals surface area contributed by atoms with Crippen LogP contribution in [0.1, 0.15) is 57.1 Å². The van der Waals surface area contributed by atoms with Crippen LogP contribution in [0.15, 0.2) is 18.2 Å². The van der Waals surface area contributed by atoms with Crippen LogP contribution in [0.2, 0.25) is 0 Å². The number of nitrogens with one attached hydrogen (secondary N) is 1. The van der Waals surface area contributed by atoms with Gasteiger partial charge in [0.15, 0.2) is 0 Å². The van der Waals surface area contributed by atoms with Crippen molar-refractivity contribution in [1.82, 2.24) is 5.32 Å². The second kappa shape index (κ2) is 9.46. The third kappa shape index (κ3) is 5.38. The molecule has 1 aliphatic carbocycles. The van der Waals surface area contributed by atoms with Gasteiger partial charge in [-0.25, -0.2) is 0 Å². The number of rotatable bonds is 9. The van der Waals surface area contributed by atoms with Gasteiger partial charge in [0.25, 0.3) is 0 Å². The SMILES string of the molecule is COc1ccc(C(CC(=O)O)NC(=O)C(C)CC2CCCC2)c(OC)c1. The molecule has 2 atom stereocenters. The molecule has 2 rings (SSSR count). The smallest absolute Gasteiger partial charge is 0.305 e. The highest BCUT2D eigenvalue weighted by atomic mass is 16.5. The monoisotopic (exact) mass is 363 g/mol. The lowest BCUT2D eigenvalue weighted by atomic mass is 9.93. The first-order chi connectivity index (χ1) is 12.4. The summed E-state index contributed by atoms with van der Waals surface area (Å²) >= 11 is 0. The molecular weight excluding hydrogens is 334 g/mol. The van der Waals surface area contributed by atoms with Gasteiger partial charge in [-0.2, -0.15) is 0 Å². The van der Waals surface area contributed by atoms with E-state index < -0.39 is 12.0 Å². The second-order valence-electron chi connectivity index (χ2n) is 7.05. The van der Waals surface area contributed by atoms with E-state index in [1.165, 1.54) is 32.8 Å². The van der Waals surface area contributed by atoms with Crippen LogP contribution in [-0.2, 0) is 9.59 Å². The molecule has 1 aromatic rings. The molecule has 0 spiro atoms. The molecule has 0 saturated heterocycles. The fourth-order valence-corrected chi connectivity index (χ4v) is 3.69. The number of aliphatic carboxylic acids is 1. The predicted octanol–water partition coefficient (Wildman–Crippen LogP) is 3.55. The Hall–Kier alpha value is -2.24. The normalized spacial score (nSPS) is 16.7. The van der Waals surface area contributed by atoms with Crippen molar-refractivity contribution in [2.24, 2.45) is 11.8 Å². The number of carboxylic acids is 1. The van der Waals surface area contributed by atoms with Crippen molar-refractivity contribution < 1.29 is 24.2 Å². The minimum absolute atomic E-state index is 0.110. The molecule has 1 saturated carbocycles. The topological polar surface area (TPSA) is 84.9 Å². The zero-order valence-electron chi connectivity index (χ0n) is 15.8. The quantitative estimate of drug-likeness (QED) is 0.701. The van der Waals surface area contributed by atoms with Gasteiger partial charge in [-0.15, -0.1) is 0 Å². The first kappa shape index (κ1) is 20.1. The Kier molecular flexibility index (Phi) is 7.30. The van der Waals surface area contributed by atoms with Crippen molar-refractivity contribution in [2.45, 2.75) is 51.5 Å². The van der Waals surface area contributed by atoms with E-state index in [1.807, 2.05) is 6.92 Å². The molecule has 1 fully saturated rings. The third-order valence-corrected chi connectivity index (χ3v) is 5.12. The molecule has 2 N–H and O–H groups in total. The summed E-state index contributed by atoms with van der Waals surface area (Å²) < 4.78 is 10.6. The van der Waals surface area contributed by atoms with Crippen LogP contribution in [-0.4, -0.2) is 31.2 Å². The number of methoxy groups -OCH3 is 2. The van der Waals surface area contributed by atoms with Crippen LogP contribution in [0.25, 0.3) is 0 Å². The van der Waals surface area contributed by atoms with E-state index in [2.05, 4.69) is 5.32 Å². The molecule has 144 valence electrons. The molecule has 1 aliphatic rings. The van der Waals surface area contributed by atoms with Crippen molar-refractivity contribution in [1.29, 1.82) is 0 Å². The lowest BCUT2D eigenvalue weighted by Gasteiger charge is -2.23. The van der Waals surface area contributed by atoms with Crippen molar-refractivity contribution in [2.75, 3.05) is 14.2 Å². The minimum Gasteiger partial charge on any atom is -0.497 e. The highest BCUT2D eigenvalue weighted by molar-refractivity contribution is 5.80. The molecule has 6 heteroatoms. The van der Waals surface area contributed by atoms with Gasteiger partial charge in [-0.3, -0.25) is 9.59 Å². The van der Waals surface area contributed by atoms with Crippen molar-refractivity contribution in [3.05, 3.63) is 23.8 Å². The molecule has 0 heterocycles. The minimum atomic E-state index is -0.975. The molecule has 0 aromatic heterocycles. The van der Waals surface area contributed by atoms with Gasteiger partial charge >= 0.3 is 5.97 Å². The average molecular weight is 363 g/mol. The van der Waals surface area contributed by atoms with Crippen molar-refractivity contribution in [3.8, 4) is 11.5 Å². The Morgan fingerprint density at radius 3 is 2.50 bits per heavy atom. The van der Waals surface area contributed by atoms with E-state index in [0.29, 0.717) is 23.0 Å². The highest BCUT2D eigenvalue weighted by Crippen LogP contribution is 2.33. The van der Waals surface area contributed by atoms with Gasteiger partial charge in [0.05, 0.1) is 26.7 Å². The second-order valence-corrected chi connectivity index (χ2v) is 7.05. The molecule has 26 heavy (non-hydrogen) atoms. The summed E-state index contributed by atoms with van der Waals surface area (Å²) in [6.07, 6.45) is 5.49. The first-order valence-electron chi connectivity index (χ1n) is 9.18. The third-order valence-electron chi connectivity index (χ3n) is 5.12. The summed E-state index contributed by atoms with van der Waals surface area (Å²) in [4.78, 5) is 24.0. The zero-order chi connectivity index (χ0) is 19.1. The Morgan fingerprint density at radius 1 is 1.23 bits per heavy atom. The average Bonchev–Trinajstić information content (AvgIpc) is 3.13. The largest absolute Gasteiger partial charge is 0.497 e. The van der Waals surface area contributed by atoms with Gasteiger partial charge < -0.3 is 19.9 Å². The number of carboxylic acid groups (broad SMARTS) is 1. The van der Waals surface area contributed by atoms with E-state index in [0.717, 1.165) is 6.42 Å².